The molecule has 1 unspecified atom stereocenters. The zero-order chi connectivity index (χ0) is 14.7. The summed E-state index contributed by atoms with van der Waals surface area (Å²) in [4.78, 5) is 0. The smallest absolute Gasteiger partial charge is 0.130 e. The Kier molecular flexibility index (Phi) is 4.86. The standard InChI is InChI=1S/C15H15Cl2FN2/c1-9-2-4-11(7-13(9)17)20-15(8-19)12-5-3-10(16)6-14(12)18/h2-7,15,20H,8,19H2,1H3. The lowest BCUT2D eigenvalue weighted by molar-refractivity contribution is 0.593. The minimum absolute atomic E-state index is 0.254. The number of aryl methyl sites for hydroxylation is 1. The topological polar surface area (TPSA) is 38.0 Å². The van der Waals surface area contributed by atoms with Crippen molar-refractivity contribution in [2.24, 2.45) is 5.73 Å². The monoisotopic (exact) mass is 312 g/mol. The highest BCUT2D eigenvalue weighted by Crippen LogP contribution is 2.26. The van der Waals surface area contributed by atoms with Gasteiger partial charge in [-0.2, -0.15) is 0 Å². The van der Waals surface area contributed by atoms with Gasteiger partial charge in [-0.25, -0.2) is 4.39 Å². The van der Waals surface area contributed by atoms with E-state index in [-0.39, 0.29) is 18.4 Å². The summed E-state index contributed by atoms with van der Waals surface area (Å²) >= 11 is 11.8. The molecular formula is C15H15Cl2FN2. The van der Waals surface area contributed by atoms with Crippen molar-refractivity contribution in [3.8, 4) is 0 Å². The molecule has 20 heavy (non-hydrogen) atoms. The third kappa shape index (κ3) is 3.42. The van der Waals surface area contributed by atoms with Crippen molar-refractivity contribution < 1.29 is 4.39 Å². The summed E-state index contributed by atoms with van der Waals surface area (Å²) in [6.07, 6.45) is 0. The Morgan fingerprint density at radius 2 is 1.95 bits per heavy atom. The first-order valence-electron chi connectivity index (χ1n) is 6.19. The van der Waals surface area contributed by atoms with Gasteiger partial charge in [0.1, 0.15) is 5.82 Å². The van der Waals surface area contributed by atoms with E-state index in [1.165, 1.54) is 6.07 Å². The van der Waals surface area contributed by atoms with Crippen LogP contribution in [0.3, 0.4) is 0 Å². The fourth-order valence-corrected chi connectivity index (χ4v) is 2.27. The van der Waals surface area contributed by atoms with Gasteiger partial charge in [0.25, 0.3) is 0 Å². The van der Waals surface area contributed by atoms with Crippen molar-refractivity contribution in [1.82, 2.24) is 0 Å². The maximum absolute atomic E-state index is 13.9. The van der Waals surface area contributed by atoms with Crippen LogP contribution in [-0.2, 0) is 0 Å². The maximum atomic E-state index is 13.9. The van der Waals surface area contributed by atoms with Gasteiger partial charge in [-0.05, 0) is 36.8 Å². The zero-order valence-electron chi connectivity index (χ0n) is 11.0. The molecule has 1 atom stereocenters. The third-order valence-electron chi connectivity index (χ3n) is 3.09. The van der Waals surface area contributed by atoms with Gasteiger partial charge in [0.2, 0.25) is 0 Å². The van der Waals surface area contributed by atoms with Crippen LogP contribution in [-0.4, -0.2) is 6.54 Å². The molecule has 0 spiro atoms. The lowest BCUT2D eigenvalue weighted by Gasteiger charge is -2.19. The Hall–Kier alpha value is -1.29. The van der Waals surface area contributed by atoms with Gasteiger partial charge in [0, 0.05) is 27.8 Å². The molecular weight excluding hydrogens is 298 g/mol. The summed E-state index contributed by atoms with van der Waals surface area (Å²) in [5.74, 6) is -0.376. The number of nitrogens with one attached hydrogen (secondary N) is 1. The molecule has 2 aromatic rings. The summed E-state index contributed by atoms with van der Waals surface area (Å²) < 4.78 is 13.9. The molecule has 0 aromatic heterocycles. The summed E-state index contributed by atoms with van der Waals surface area (Å²) in [6.45, 7) is 2.18. The molecule has 0 aliphatic carbocycles. The molecule has 5 heteroatoms. The van der Waals surface area contributed by atoms with Gasteiger partial charge in [-0.15, -0.1) is 0 Å². The summed E-state index contributed by atoms with van der Waals surface area (Å²) in [5.41, 5.74) is 7.99. The highest BCUT2D eigenvalue weighted by Gasteiger charge is 2.14. The molecule has 3 N–H and O–H groups in total. The number of hydrogen-bond donors (Lipinski definition) is 2. The molecule has 0 saturated carbocycles. The average Bonchev–Trinajstić information content (AvgIpc) is 2.41. The first kappa shape index (κ1) is 15.1. The molecule has 0 aliphatic heterocycles. The van der Waals surface area contributed by atoms with Crippen molar-refractivity contribution >= 4 is 28.9 Å². The van der Waals surface area contributed by atoms with Crippen molar-refractivity contribution in [3.63, 3.8) is 0 Å². The summed E-state index contributed by atoms with van der Waals surface area (Å²) in [5, 5.41) is 4.20. The highest BCUT2D eigenvalue weighted by atomic mass is 35.5. The molecule has 0 bridgehead atoms. The first-order valence-corrected chi connectivity index (χ1v) is 6.94. The van der Waals surface area contributed by atoms with Crippen LogP contribution in [0.4, 0.5) is 10.1 Å². The Morgan fingerprint density at radius 3 is 2.55 bits per heavy atom. The van der Waals surface area contributed by atoms with Crippen LogP contribution in [0.15, 0.2) is 36.4 Å². The first-order chi connectivity index (χ1) is 9.51. The van der Waals surface area contributed by atoms with Gasteiger partial charge < -0.3 is 11.1 Å². The van der Waals surface area contributed by atoms with E-state index in [9.17, 15) is 4.39 Å². The minimum Gasteiger partial charge on any atom is -0.377 e. The van der Waals surface area contributed by atoms with Crippen LogP contribution in [0.25, 0.3) is 0 Å². The highest BCUT2D eigenvalue weighted by molar-refractivity contribution is 6.31. The number of hydrogen-bond acceptors (Lipinski definition) is 2. The van der Waals surface area contributed by atoms with Gasteiger partial charge in [-0.1, -0.05) is 35.3 Å². The number of halogens is 3. The van der Waals surface area contributed by atoms with Gasteiger partial charge in [0.15, 0.2) is 0 Å². The number of nitrogens with two attached hydrogens (primary N) is 1. The second kappa shape index (κ2) is 6.44. The lowest BCUT2D eigenvalue weighted by Crippen LogP contribution is -2.21. The van der Waals surface area contributed by atoms with Gasteiger partial charge in [-0.3, -0.25) is 0 Å². The predicted octanol–water partition coefficient (Wildman–Crippen LogP) is 4.55. The van der Waals surface area contributed by atoms with Crippen molar-refractivity contribution in [1.29, 1.82) is 0 Å². The van der Waals surface area contributed by atoms with E-state index in [0.29, 0.717) is 15.6 Å². The fourth-order valence-electron chi connectivity index (χ4n) is 1.93. The van der Waals surface area contributed by atoms with Gasteiger partial charge >= 0.3 is 0 Å². The van der Waals surface area contributed by atoms with E-state index < -0.39 is 0 Å². The van der Waals surface area contributed by atoms with E-state index in [1.807, 2.05) is 19.1 Å². The largest absolute Gasteiger partial charge is 0.377 e. The van der Waals surface area contributed by atoms with Crippen LogP contribution in [0.1, 0.15) is 17.2 Å². The molecule has 2 rings (SSSR count). The average molecular weight is 313 g/mol. The predicted molar refractivity (Wildman–Crippen MR) is 83.0 cm³/mol. The second-order valence-electron chi connectivity index (χ2n) is 4.56. The number of rotatable bonds is 4. The maximum Gasteiger partial charge on any atom is 0.130 e. The quantitative estimate of drug-likeness (QED) is 0.869. The molecule has 2 aromatic carbocycles. The molecule has 0 fully saturated rings. The number of anilines is 1. The molecule has 0 aliphatic rings. The number of benzene rings is 2. The Labute approximate surface area is 127 Å². The van der Waals surface area contributed by atoms with E-state index in [4.69, 9.17) is 28.9 Å². The Morgan fingerprint density at radius 1 is 1.20 bits per heavy atom. The van der Waals surface area contributed by atoms with Gasteiger partial charge in [0.05, 0.1) is 6.04 Å². The zero-order valence-corrected chi connectivity index (χ0v) is 12.5. The molecule has 2 nitrogen and oxygen atoms in total. The molecule has 0 radical (unpaired) electrons. The SMILES string of the molecule is Cc1ccc(NC(CN)c2ccc(Cl)cc2F)cc1Cl. The van der Waals surface area contributed by atoms with Crippen molar-refractivity contribution in [2.75, 3.05) is 11.9 Å². The Balaban J connectivity index is 2.26. The lowest BCUT2D eigenvalue weighted by atomic mass is 10.1. The van der Waals surface area contributed by atoms with E-state index >= 15 is 0 Å². The molecule has 0 saturated heterocycles. The summed E-state index contributed by atoms with van der Waals surface area (Å²) in [6, 6.07) is 9.81. The van der Waals surface area contributed by atoms with Crippen molar-refractivity contribution in [3.05, 3.63) is 63.4 Å². The fraction of sp³-hybridized carbons (Fsp3) is 0.200. The van der Waals surface area contributed by atoms with Crippen LogP contribution >= 0.6 is 23.2 Å². The van der Waals surface area contributed by atoms with Crippen molar-refractivity contribution in [2.45, 2.75) is 13.0 Å². The summed E-state index contributed by atoms with van der Waals surface area (Å²) in [7, 11) is 0. The van der Waals surface area contributed by atoms with Crippen LogP contribution in [0.2, 0.25) is 10.0 Å². The minimum atomic E-state index is -0.376. The second-order valence-corrected chi connectivity index (χ2v) is 5.41. The normalized spacial score (nSPS) is 12.2. The van der Waals surface area contributed by atoms with E-state index in [0.717, 1.165) is 11.3 Å². The third-order valence-corrected chi connectivity index (χ3v) is 3.73. The molecule has 0 heterocycles. The molecule has 0 amide bonds. The van der Waals surface area contributed by atoms with Crippen LogP contribution < -0.4 is 11.1 Å². The van der Waals surface area contributed by atoms with Crippen LogP contribution in [0, 0.1) is 12.7 Å². The molecule has 106 valence electrons. The van der Waals surface area contributed by atoms with E-state index in [2.05, 4.69) is 5.32 Å². The van der Waals surface area contributed by atoms with Crippen LogP contribution in [0.5, 0.6) is 0 Å². The van der Waals surface area contributed by atoms with E-state index in [1.54, 1.807) is 18.2 Å². The Bertz CT molecular complexity index is 617.